The summed E-state index contributed by atoms with van der Waals surface area (Å²) >= 11 is 1.91. The van der Waals surface area contributed by atoms with E-state index in [-0.39, 0.29) is 0 Å². The van der Waals surface area contributed by atoms with Gasteiger partial charge < -0.3 is 20.6 Å². The van der Waals surface area contributed by atoms with Gasteiger partial charge in [0.05, 0.1) is 16.8 Å². The van der Waals surface area contributed by atoms with Gasteiger partial charge in [-0.05, 0) is 85.7 Å². The number of carboxylic acids is 1. The summed E-state index contributed by atoms with van der Waals surface area (Å²) in [5.74, 6) is 6.87. The number of aryl methyl sites for hydroxylation is 2. The normalized spacial score (nSPS) is 16.1. The molecule has 0 bridgehead atoms. The molecular formula is C32H40N4O3S. The maximum atomic E-state index is 12.6. The molecule has 1 unspecified atom stereocenters. The largest absolute Gasteiger partial charge is 0.492 e. The first-order valence-corrected chi connectivity index (χ1v) is 14.8. The Labute approximate surface area is 241 Å². The first-order chi connectivity index (χ1) is 19.0. The van der Waals surface area contributed by atoms with Crippen LogP contribution in [-0.2, 0) is 24.3 Å². The molecule has 8 heteroatoms. The average molecular weight is 561 g/mol. The summed E-state index contributed by atoms with van der Waals surface area (Å²) in [4.78, 5) is 16.4. The van der Waals surface area contributed by atoms with Gasteiger partial charge in [-0.3, -0.25) is 9.69 Å². The van der Waals surface area contributed by atoms with Gasteiger partial charge in [0.1, 0.15) is 12.4 Å². The van der Waals surface area contributed by atoms with Crippen LogP contribution in [0.4, 0.5) is 11.4 Å². The van der Waals surface area contributed by atoms with Crippen LogP contribution in [0.3, 0.4) is 0 Å². The van der Waals surface area contributed by atoms with E-state index in [4.69, 9.17) is 16.3 Å². The fourth-order valence-electron chi connectivity index (χ4n) is 6.00. The Morgan fingerprint density at radius 1 is 1.18 bits per heavy atom. The second kappa shape index (κ2) is 11.0. The maximum Gasteiger partial charge on any atom is 0.310 e. The molecule has 2 aliphatic heterocycles. The van der Waals surface area contributed by atoms with E-state index in [1.165, 1.54) is 32.2 Å². The SMILES string of the molecule is Cc1ccc(C(c2ccc(N(C)N)c(N)c2C)C(C)(C)C(=O)O)cc1CN1CCOc2cc3c(cc2C1)CCS3. The number of aliphatic carboxylic acids is 1. The molecule has 7 nitrogen and oxygen atoms in total. The van der Waals surface area contributed by atoms with E-state index >= 15 is 0 Å². The molecule has 0 radical (unpaired) electrons. The van der Waals surface area contributed by atoms with Gasteiger partial charge in [-0.25, -0.2) is 5.84 Å². The number of hydrogen-bond acceptors (Lipinski definition) is 7. The number of fused-ring (bicyclic) bond motifs is 2. The monoisotopic (exact) mass is 560 g/mol. The lowest BCUT2D eigenvalue weighted by atomic mass is 9.69. The molecule has 0 amide bonds. The highest BCUT2D eigenvalue weighted by atomic mass is 32.2. The number of ether oxygens (including phenoxy) is 1. The zero-order chi connectivity index (χ0) is 28.8. The zero-order valence-electron chi connectivity index (χ0n) is 24.1. The first-order valence-electron chi connectivity index (χ1n) is 13.8. The summed E-state index contributed by atoms with van der Waals surface area (Å²) < 4.78 is 6.17. The number of anilines is 2. The number of nitrogens with zero attached hydrogens (tertiary/aromatic N) is 2. The number of benzene rings is 3. The lowest BCUT2D eigenvalue weighted by Crippen LogP contribution is -2.33. The second-order valence-electron chi connectivity index (χ2n) is 11.7. The Balaban J connectivity index is 1.51. The third kappa shape index (κ3) is 5.28. The van der Waals surface area contributed by atoms with E-state index in [0.717, 1.165) is 54.2 Å². The summed E-state index contributed by atoms with van der Waals surface area (Å²) in [5, 5.41) is 11.8. The number of nitrogens with two attached hydrogens (primary N) is 2. The molecule has 2 heterocycles. The number of carboxylic acid groups (broad SMARTS) is 1. The van der Waals surface area contributed by atoms with Crippen molar-refractivity contribution in [1.82, 2.24) is 4.90 Å². The molecule has 1 atom stereocenters. The van der Waals surface area contributed by atoms with Crippen molar-refractivity contribution in [2.45, 2.75) is 58.0 Å². The summed E-state index contributed by atoms with van der Waals surface area (Å²) in [5.41, 5.74) is 14.4. The van der Waals surface area contributed by atoms with Crippen LogP contribution in [0.15, 0.2) is 47.4 Å². The van der Waals surface area contributed by atoms with E-state index in [0.29, 0.717) is 18.0 Å². The van der Waals surface area contributed by atoms with Gasteiger partial charge >= 0.3 is 5.97 Å². The Morgan fingerprint density at radius 2 is 1.95 bits per heavy atom. The van der Waals surface area contributed by atoms with E-state index < -0.39 is 17.3 Å². The topological polar surface area (TPSA) is 105 Å². The molecule has 0 saturated carbocycles. The Bertz CT molecular complexity index is 1450. The molecule has 0 fully saturated rings. The summed E-state index contributed by atoms with van der Waals surface area (Å²) in [7, 11) is 1.74. The molecule has 2 aliphatic rings. The highest BCUT2D eigenvalue weighted by Crippen LogP contribution is 2.45. The lowest BCUT2D eigenvalue weighted by Gasteiger charge is -2.34. The number of hydrazine groups is 1. The molecule has 3 aromatic rings. The fraction of sp³-hybridized carbons (Fsp3) is 0.406. The highest BCUT2D eigenvalue weighted by molar-refractivity contribution is 7.99. The quantitative estimate of drug-likeness (QED) is 0.198. The Kier molecular flexibility index (Phi) is 7.79. The summed E-state index contributed by atoms with van der Waals surface area (Å²) in [6.45, 7) is 10.7. The molecular weight excluding hydrogens is 520 g/mol. The van der Waals surface area contributed by atoms with Crippen LogP contribution in [0.25, 0.3) is 0 Å². The van der Waals surface area contributed by atoms with Gasteiger partial charge in [-0.15, -0.1) is 11.8 Å². The number of rotatable bonds is 7. The molecule has 5 rings (SSSR count). The van der Waals surface area contributed by atoms with Crippen LogP contribution in [0.2, 0.25) is 0 Å². The number of thioether (sulfide) groups is 1. The highest BCUT2D eigenvalue weighted by Gasteiger charge is 2.40. The van der Waals surface area contributed by atoms with Crippen LogP contribution < -0.4 is 21.3 Å². The van der Waals surface area contributed by atoms with Gasteiger partial charge in [-0.1, -0.05) is 24.3 Å². The van der Waals surface area contributed by atoms with E-state index in [9.17, 15) is 9.90 Å². The van der Waals surface area contributed by atoms with Crippen LogP contribution in [0.1, 0.15) is 58.7 Å². The molecule has 212 valence electrons. The third-order valence-corrected chi connectivity index (χ3v) is 9.63. The van der Waals surface area contributed by atoms with Crippen LogP contribution >= 0.6 is 11.8 Å². The molecule has 40 heavy (non-hydrogen) atoms. The van der Waals surface area contributed by atoms with Gasteiger partial charge in [0.25, 0.3) is 0 Å². The number of nitrogen functional groups attached to an aromatic ring is 1. The smallest absolute Gasteiger partial charge is 0.310 e. The lowest BCUT2D eigenvalue weighted by molar-refractivity contribution is -0.147. The van der Waals surface area contributed by atoms with E-state index in [1.54, 1.807) is 20.9 Å². The predicted octanol–water partition coefficient (Wildman–Crippen LogP) is 5.48. The third-order valence-electron chi connectivity index (χ3n) is 8.53. The maximum absolute atomic E-state index is 12.6. The van der Waals surface area contributed by atoms with Crippen molar-refractivity contribution in [3.63, 3.8) is 0 Å². The molecule has 3 aromatic carbocycles. The number of carbonyl (C=O) groups is 1. The van der Waals surface area contributed by atoms with Gasteiger partial charge in [0.15, 0.2) is 0 Å². The molecule has 5 N–H and O–H groups in total. The van der Waals surface area contributed by atoms with E-state index in [1.807, 2.05) is 30.8 Å². The number of hydrogen-bond donors (Lipinski definition) is 3. The predicted molar refractivity (Wildman–Crippen MR) is 163 cm³/mol. The molecule has 0 saturated heterocycles. The van der Waals surface area contributed by atoms with Crippen molar-refractivity contribution in [2.24, 2.45) is 11.3 Å². The van der Waals surface area contributed by atoms with Crippen molar-refractivity contribution in [1.29, 1.82) is 0 Å². The molecule has 0 spiro atoms. The molecule has 0 aromatic heterocycles. The van der Waals surface area contributed by atoms with E-state index in [2.05, 4.69) is 42.2 Å². The minimum Gasteiger partial charge on any atom is -0.492 e. The van der Waals surface area contributed by atoms with Crippen LogP contribution in [0, 0.1) is 19.3 Å². The van der Waals surface area contributed by atoms with Crippen LogP contribution in [0.5, 0.6) is 5.75 Å². The van der Waals surface area contributed by atoms with Crippen molar-refractivity contribution >= 4 is 29.1 Å². The zero-order valence-corrected chi connectivity index (χ0v) is 24.9. The first kappa shape index (κ1) is 28.3. The van der Waals surface area contributed by atoms with Gasteiger partial charge in [-0.2, -0.15) is 0 Å². The Hall–Kier alpha value is -3.20. The van der Waals surface area contributed by atoms with Crippen molar-refractivity contribution in [2.75, 3.05) is 36.7 Å². The Morgan fingerprint density at radius 3 is 2.67 bits per heavy atom. The average Bonchev–Trinajstić information content (AvgIpc) is 3.26. The standard InChI is InChI=1S/C32H40N4O3S/c1-19-6-7-22(29(32(3,4)31(37)38)25-8-9-26(35(5)34)30(33)20(25)2)15-23(19)17-36-11-12-39-27-16-28-21(10-13-40-28)14-24(27)18-36/h6-9,14-16,29H,10-13,17-18,33-34H2,1-5H3,(H,37,38). The minimum atomic E-state index is -1.08. The summed E-state index contributed by atoms with van der Waals surface area (Å²) in [6, 6.07) is 14.8. The van der Waals surface area contributed by atoms with Crippen molar-refractivity contribution in [3.8, 4) is 5.75 Å². The van der Waals surface area contributed by atoms with Crippen molar-refractivity contribution < 1.29 is 14.6 Å². The molecule has 0 aliphatic carbocycles. The van der Waals surface area contributed by atoms with Crippen molar-refractivity contribution in [3.05, 3.63) is 81.4 Å². The summed E-state index contributed by atoms with van der Waals surface area (Å²) in [6.07, 6.45) is 1.11. The van der Waals surface area contributed by atoms with Gasteiger partial charge in [0, 0.05) is 48.8 Å². The second-order valence-corrected chi connectivity index (χ2v) is 12.8. The van der Waals surface area contributed by atoms with Crippen LogP contribution in [-0.4, -0.2) is 41.9 Å². The minimum absolute atomic E-state index is 0.405. The fourth-order valence-corrected chi connectivity index (χ4v) is 7.08. The van der Waals surface area contributed by atoms with Gasteiger partial charge in [0.2, 0.25) is 0 Å².